The van der Waals surface area contributed by atoms with E-state index in [9.17, 15) is 19.6 Å². The lowest BCUT2D eigenvalue weighted by molar-refractivity contribution is -0.0925. The molecule has 4 atom stereocenters. The lowest BCUT2D eigenvalue weighted by atomic mass is 9.80. The third-order valence-electron chi connectivity index (χ3n) is 9.95. The van der Waals surface area contributed by atoms with E-state index in [1.165, 1.54) is 21.6 Å². The maximum atomic E-state index is 13.6. The fraction of sp³-hybridized carbons (Fsp3) is 0.435. The summed E-state index contributed by atoms with van der Waals surface area (Å²) in [5, 5.41) is 11.9. The van der Waals surface area contributed by atoms with Crippen molar-refractivity contribution in [3.63, 3.8) is 0 Å². The number of benzene rings is 3. The Labute approximate surface area is 378 Å². The van der Waals surface area contributed by atoms with Gasteiger partial charge in [-0.15, -0.1) is 0 Å². The van der Waals surface area contributed by atoms with Gasteiger partial charge >= 0.3 is 5.69 Å². The predicted octanol–water partition coefficient (Wildman–Crippen LogP) is 8.36. The molecule has 5 rings (SSSR count). The summed E-state index contributed by atoms with van der Waals surface area (Å²) >= 11 is 0. The molecule has 1 amide bonds. The average molecular weight is 918 g/mol. The van der Waals surface area contributed by atoms with Gasteiger partial charge in [0.05, 0.1) is 52.6 Å². The van der Waals surface area contributed by atoms with Gasteiger partial charge in [0.25, 0.3) is 19.3 Å². The van der Waals surface area contributed by atoms with E-state index in [1.54, 1.807) is 14.2 Å². The van der Waals surface area contributed by atoms with Crippen molar-refractivity contribution in [1.29, 1.82) is 5.26 Å². The second kappa shape index (κ2) is 24.5. The number of aromatic amines is 1. The van der Waals surface area contributed by atoms with Crippen molar-refractivity contribution in [2.24, 2.45) is 0 Å². The van der Waals surface area contributed by atoms with Gasteiger partial charge in [-0.1, -0.05) is 84.2 Å². The highest BCUT2D eigenvalue weighted by atomic mass is 33.1. The van der Waals surface area contributed by atoms with Crippen LogP contribution in [0, 0.1) is 23.2 Å². The number of nitrogens with one attached hydrogen (secondary N) is 2. The van der Waals surface area contributed by atoms with E-state index in [0.29, 0.717) is 11.5 Å². The van der Waals surface area contributed by atoms with Crippen LogP contribution >= 0.6 is 30.1 Å². The molecule has 336 valence electrons. The van der Waals surface area contributed by atoms with Crippen LogP contribution in [0.1, 0.15) is 82.4 Å². The van der Waals surface area contributed by atoms with E-state index >= 15 is 0 Å². The Morgan fingerprint density at radius 3 is 2.17 bits per heavy atom. The highest BCUT2D eigenvalue weighted by Crippen LogP contribution is 2.50. The second-order valence-corrected chi connectivity index (χ2v) is 18.7. The molecule has 1 aliphatic rings. The summed E-state index contributed by atoms with van der Waals surface area (Å²) in [6, 6.07) is 27.4. The molecule has 1 saturated heterocycles. The normalized spacial score (nSPS) is 16.7. The second-order valence-electron chi connectivity index (χ2n) is 14.9. The first-order valence-corrected chi connectivity index (χ1v) is 24.2. The van der Waals surface area contributed by atoms with Gasteiger partial charge in [-0.05, 0) is 75.1 Å². The molecule has 0 saturated carbocycles. The number of nitriles is 1. The number of aromatic nitrogens is 2. The number of nitrogens with zero attached hydrogens (tertiary/aromatic N) is 3. The quantitative estimate of drug-likeness (QED) is 0.0270. The number of H-pyrrole nitrogens is 1. The molecular weight excluding hydrogens is 862 g/mol. The Kier molecular flexibility index (Phi) is 19.2. The molecule has 17 heteroatoms. The highest BCUT2D eigenvalue weighted by Gasteiger charge is 2.45. The van der Waals surface area contributed by atoms with Crippen molar-refractivity contribution < 1.29 is 32.8 Å². The monoisotopic (exact) mass is 917 g/mol. The zero-order valence-electron chi connectivity index (χ0n) is 36.7. The Balaban J connectivity index is 1.56. The zero-order chi connectivity index (χ0) is 45.4. The van der Waals surface area contributed by atoms with Crippen molar-refractivity contribution in [2.75, 3.05) is 39.7 Å². The summed E-state index contributed by atoms with van der Waals surface area (Å²) in [6.45, 7) is 10.4. The molecular formula is C46H56N5O9PS2. The van der Waals surface area contributed by atoms with Crippen LogP contribution < -0.4 is 26.0 Å². The molecule has 2 N–H and O–H groups in total. The van der Waals surface area contributed by atoms with Gasteiger partial charge in [0.2, 0.25) is 0 Å². The topological polar surface area (TPSA) is 166 Å². The van der Waals surface area contributed by atoms with E-state index in [-0.39, 0.29) is 55.5 Å². The van der Waals surface area contributed by atoms with Crippen LogP contribution in [0.15, 0.2) is 94.6 Å². The van der Waals surface area contributed by atoms with Gasteiger partial charge in [0.15, 0.2) is 0 Å². The first-order valence-electron chi connectivity index (χ1n) is 20.8. The maximum Gasteiger partial charge on any atom is 0.330 e. The van der Waals surface area contributed by atoms with Crippen molar-refractivity contribution >= 4 is 35.4 Å². The molecule has 0 spiro atoms. The van der Waals surface area contributed by atoms with Crippen molar-refractivity contribution in [3.05, 3.63) is 128 Å². The number of ether oxygens (including phenoxy) is 4. The van der Waals surface area contributed by atoms with Crippen LogP contribution in [-0.2, 0) is 24.1 Å². The first kappa shape index (κ1) is 49.4. The van der Waals surface area contributed by atoms with Gasteiger partial charge in [0.1, 0.15) is 35.0 Å². The molecule has 1 fully saturated rings. The number of hydrogen-bond acceptors (Lipinski definition) is 13. The number of hydrogen-bond donors (Lipinski definition) is 2. The fourth-order valence-corrected chi connectivity index (χ4v) is 10.6. The van der Waals surface area contributed by atoms with E-state index in [0.717, 1.165) is 39.7 Å². The Hall–Kier alpha value is -4.61. The summed E-state index contributed by atoms with van der Waals surface area (Å²) < 4.78 is 41.8. The zero-order valence-corrected chi connectivity index (χ0v) is 39.2. The molecule has 14 nitrogen and oxygen atoms in total. The highest BCUT2D eigenvalue weighted by molar-refractivity contribution is 8.82. The van der Waals surface area contributed by atoms with Crippen LogP contribution in [0.4, 0.5) is 4.79 Å². The molecule has 1 aliphatic heterocycles. The van der Waals surface area contributed by atoms with Crippen molar-refractivity contribution in [1.82, 2.24) is 19.5 Å². The van der Waals surface area contributed by atoms with Gasteiger partial charge < -0.3 is 33.3 Å². The van der Waals surface area contributed by atoms with Crippen molar-refractivity contribution in [2.45, 2.75) is 90.0 Å². The predicted molar refractivity (Wildman–Crippen MR) is 249 cm³/mol. The summed E-state index contributed by atoms with van der Waals surface area (Å²) in [5.41, 5.74) is -0.0611. The number of amides is 1. The summed E-state index contributed by atoms with van der Waals surface area (Å²) in [5.74, 6) is 7.81. The third-order valence-corrected chi connectivity index (χ3v) is 14.4. The summed E-state index contributed by atoms with van der Waals surface area (Å²) in [7, 11) is 4.03. The van der Waals surface area contributed by atoms with Crippen LogP contribution in [-0.4, -0.2) is 83.5 Å². The van der Waals surface area contributed by atoms with Crippen LogP contribution in [0.25, 0.3) is 0 Å². The van der Waals surface area contributed by atoms with Gasteiger partial charge in [-0.2, -0.15) is 5.26 Å². The van der Waals surface area contributed by atoms with Crippen LogP contribution in [0.3, 0.4) is 0 Å². The van der Waals surface area contributed by atoms with Gasteiger partial charge in [-0.25, -0.2) is 9.46 Å². The standard InChI is InChI=1S/C46H56N5O9PS2/c1-8-28-62-63-45(54)48-26-12-14-34-30-50(44(53)49-43(34)52)42-29-40(60-61(58-27-13-25-47)51(32(2)3)33(4)5)41(59-42)31-57-46(35-15-10-9-11-16-35,36-17-21-38(55-6)22-18-36)37-19-23-39(56-7)24-20-37/h9-11,15-24,30,32-33,40-42H,8,13,26-29,31H2,1-7H3,(H,48,54)(H,49,52,53). The van der Waals surface area contributed by atoms with Gasteiger partial charge in [0, 0.05) is 41.2 Å². The Morgan fingerprint density at radius 2 is 1.60 bits per heavy atom. The van der Waals surface area contributed by atoms with E-state index in [1.807, 2.05) is 85.8 Å². The number of rotatable bonds is 21. The SMILES string of the molecule is CCCSSC(=O)NCC#Cc1cn(C2CC(OP(OCCC#N)N(C(C)C)C(C)C)C(COC(c3ccccc3)(c3ccc(OC)cc3)c3ccc(OC)cc3)O2)c(=O)[nH]c1=O. The van der Waals surface area contributed by atoms with Crippen LogP contribution in [0.5, 0.6) is 11.5 Å². The molecule has 0 bridgehead atoms. The van der Waals surface area contributed by atoms with Crippen LogP contribution in [0.2, 0.25) is 0 Å². The molecule has 4 unspecified atom stereocenters. The Morgan fingerprint density at radius 1 is 0.984 bits per heavy atom. The minimum Gasteiger partial charge on any atom is -0.497 e. The van der Waals surface area contributed by atoms with E-state index < -0.39 is 43.8 Å². The minimum atomic E-state index is -1.75. The molecule has 0 aliphatic carbocycles. The van der Waals surface area contributed by atoms with E-state index in [2.05, 4.69) is 60.6 Å². The molecule has 1 aromatic heterocycles. The average Bonchev–Trinajstić information content (AvgIpc) is 3.68. The molecule has 3 aromatic carbocycles. The third kappa shape index (κ3) is 13.0. The lowest BCUT2D eigenvalue weighted by Crippen LogP contribution is -2.39. The summed E-state index contributed by atoms with van der Waals surface area (Å²) in [6.07, 6.45) is 0.253. The minimum absolute atomic E-state index is 0.00937. The maximum absolute atomic E-state index is 13.6. The number of carbonyl (C=O) groups excluding carboxylic acids is 1. The fourth-order valence-electron chi connectivity index (χ4n) is 7.08. The first-order chi connectivity index (χ1) is 30.4. The molecule has 2 heterocycles. The number of methoxy groups -OCH3 is 2. The lowest BCUT2D eigenvalue weighted by Gasteiger charge is -2.39. The largest absolute Gasteiger partial charge is 0.497 e. The smallest absolute Gasteiger partial charge is 0.330 e. The molecule has 4 aromatic rings. The van der Waals surface area contributed by atoms with Crippen molar-refractivity contribution in [3.8, 4) is 29.4 Å². The van der Waals surface area contributed by atoms with E-state index in [4.69, 9.17) is 28.0 Å². The number of carbonyl (C=O) groups is 1. The molecule has 0 radical (unpaired) electrons. The van der Waals surface area contributed by atoms with Gasteiger partial charge in [-0.3, -0.25) is 19.1 Å². The Bertz CT molecular complexity index is 2240. The molecule has 63 heavy (non-hydrogen) atoms. The summed E-state index contributed by atoms with van der Waals surface area (Å²) in [4.78, 5) is 41.1.